The largest absolute Gasteiger partial charge is 0.444 e. The second kappa shape index (κ2) is 7.30. The van der Waals surface area contributed by atoms with Gasteiger partial charge >= 0.3 is 6.09 Å². The summed E-state index contributed by atoms with van der Waals surface area (Å²) in [5.41, 5.74) is 0.207. The summed E-state index contributed by atoms with van der Waals surface area (Å²) in [5.74, 6) is 5.50. The maximum Gasteiger partial charge on any atom is 0.407 e. The molecule has 3 nitrogen and oxygen atoms in total. The van der Waals surface area contributed by atoms with E-state index in [9.17, 15) is 9.18 Å². The second-order valence-corrected chi connectivity index (χ2v) is 5.96. The van der Waals surface area contributed by atoms with Gasteiger partial charge in [0, 0.05) is 23.0 Å². The number of ether oxygens (including phenoxy) is 1. The lowest BCUT2D eigenvalue weighted by atomic mass is 10.2. The van der Waals surface area contributed by atoms with Crippen molar-refractivity contribution in [3.8, 4) is 11.8 Å². The third-order valence-corrected chi connectivity index (χ3v) is 2.73. The summed E-state index contributed by atoms with van der Waals surface area (Å²) in [6.45, 7) is 5.82. The molecule has 0 aliphatic rings. The van der Waals surface area contributed by atoms with Crippen LogP contribution in [0.25, 0.3) is 0 Å². The van der Waals surface area contributed by atoms with E-state index in [0.29, 0.717) is 23.0 Å². The van der Waals surface area contributed by atoms with Crippen molar-refractivity contribution in [2.24, 2.45) is 0 Å². The molecule has 0 unspecified atom stereocenters. The van der Waals surface area contributed by atoms with E-state index in [1.165, 1.54) is 12.1 Å². The van der Waals surface area contributed by atoms with Crippen LogP contribution in [0.2, 0.25) is 0 Å². The van der Waals surface area contributed by atoms with E-state index in [1.54, 1.807) is 26.8 Å². The maximum atomic E-state index is 12.9. The number of benzene rings is 1. The van der Waals surface area contributed by atoms with Gasteiger partial charge in [0.05, 0.1) is 0 Å². The van der Waals surface area contributed by atoms with Crippen LogP contribution in [0.4, 0.5) is 9.18 Å². The highest BCUT2D eigenvalue weighted by Gasteiger charge is 2.15. The summed E-state index contributed by atoms with van der Waals surface area (Å²) in [7, 11) is 0. The predicted molar refractivity (Wildman–Crippen MR) is 79.8 cm³/mol. The van der Waals surface area contributed by atoms with Crippen molar-refractivity contribution >= 4 is 22.0 Å². The number of nitrogens with one attached hydrogen (secondary N) is 1. The highest BCUT2D eigenvalue weighted by Crippen LogP contribution is 2.16. The standard InChI is InChI=1S/C15H17BrFNO2/c1-15(2,3)20-14(19)18-9-5-4-6-11-7-8-12(17)10-13(11)16/h7-8,10H,5,9H2,1-3H3,(H,18,19). The zero-order valence-corrected chi connectivity index (χ0v) is 13.3. The normalized spacial score (nSPS) is 10.4. The Bertz CT molecular complexity index is 541. The smallest absolute Gasteiger partial charge is 0.407 e. The van der Waals surface area contributed by atoms with Gasteiger partial charge in [0.25, 0.3) is 0 Å². The monoisotopic (exact) mass is 341 g/mol. The van der Waals surface area contributed by atoms with E-state index in [4.69, 9.17) is 4.74 Å². The van der Waals surface area contributed by atoms with Gasteiger partial charge in [0.2, 0.25) is 0 Å². The number of amides is 1. The van der Waals surface area contributed by atoms with Gasteiger partial charge < -0.3 is 10.1 Å². The van der Waals surface area contributed by atoms with Gasteiger partial charge in [-0.2, -0.15) is 0 Å². The molecule has 1 rings (SSSR count). The van der Waals surface area contributed by atoms with E-state index >= 15 is 0 Å². The molecular formula is C15H17BrFNO2. The van der Waals surface area contributed by atoms with Gasteiger partial charge in [-0.25, -0.2) is 9.18 Å². The lowest BCUT2D eigenvalue weighted by molar-refractivity contribution is 0.0529. The predicted octanol–water partition coefficient (Wildman–Crippen LogP) is 3.85. The van der Waals surface area contributed by atoms with Gasteiger partial charge in [0.1, 0.15) is 11.4 Å². The molecule has 1 amide bonds. The molecule has 1 aromatic rings. The molecule has 0 heterocycles. The van der Waals surface area contributed by atoms with Crippen LogP contribution in [0.1, 0.15) is 32.8 Å². The lowest BCUT2D eigenvalue weighted by Gasteiger charge is -2.19. The van der Waals surface area contributed by atoms with Crippen molar-refractivity contribution in [3.05, 3.63) is 34.1 Å². The Morgan fingerprint density at radius 1 is 1.45 bits per heavy atom. The molecule has 0 aliphatic heterocycles. The van der Waals surface area contributed by atoms with Crippen LogP contribution in [-0.4, -0.2) is 18.2 Å². The van der Waals surface area contributed by atoms with Crippen LogP contribution in [0.5, 0.6) is 0 Å². The first kappa shape index (κ1) is 16.5. The van der Waals surface area contributed by atoms with Crippen LogP contribution in [0, 0.1) is 17.7 Å². The zero-order chi connectivity index (χ0) is 15.2. The Morgan fingerprint density at radius 3 is 2.75 bits per heavy atom. The number of hydrogen-bond donors (Lipinski definition) is 1. The third kappa shape index (κ3) is 6.58. The number of carbonyl (C=O) groups is 1. The van der Waals surface area contributed by atoms with Gasteiger partial charge in [-0.15, -0.1) is 0 Å². The van der Waals surface area contributed by atoms with E-state index in [2.05, 4.69) is 33.1 Å². The Kier molecular flexibility index (Phi) is 6.03. The first-order valence-electron chi connectivity index (χ1n) is 6.19. The van der Waals surface area contributed by atoms with Crippen LogP contribution in [-0.2, 0) is 4.74 Å². The van der Waals surface area contributed by atoms with Crippen LogP contribution >= 0.6 is 15.9 Å². The molecule has 0 spiro atoms. The molecule has 108 valence electrons. The van der Waals surface area contributed by atoms with Crippen molar-refractivity contribution in [2.75, 3.05) is 6.54 Å². The molecular weight excluding hydrogens is 325 g/mol. The number of halogens is 2. The summed E-state index contributed by atoms with van der Waals surface area (Å²) in [4.78, 5) is 11.4. The molecule has 1 N–H and O–H groups in total. The summed E-state index contributed by atoms with van der Waals surface area (Å²) in [6, 6.07) is 4.32. The summed E-state index contributed by atoms with van der Waals surface area (Å²) >= 11 is 3.24. The van der Waals surface area contributed by atoms with Crippen molar-refractivity contribution in [1.82, 2.24) is 5.32 Å². The molecule has 0 atom stereocenters. The topological polar surface area (TPSA) is 38.3 Å². The average Bonchev–Trinajstić information content (AvgIpc) is 2.28. The Morgan fingerprint density at radius 2 is 2.15 bits per heavy atom. The van der Waals surface area contributed by atoms with Gasteiger partial charge in [-0.3, -0.25) is 0 Å². The SMILES string of the molecule is CC(C)(C)OC(=O)NCCC#Cc1ccc(F)cc1Br. The number of rotatable bonds is 2. The van der Waals surface area contributed by atoms with Crippen LogP contribution in [0.3, 0.4) is 0 Å². The van der Waals surface area contributed by atoms with Crippen molar-refractivity contribution in [3.63, 3.8) is 0 Å². The molecule has 5 heteroatoms. The first-order chi connectivity index (χ1) is 9.28. The first-order valence-corrected chi connectivity index (χ1v) is 6.98. The van der Waals surface area contributed by atoms with Gasteiger partial charge in [0.15, 0.2) is 0 Å². The van der Waals surface area contributed by atoms with Gasteiger partial charge in [-0.1, -0.05) is 11.8 Å². The average molecular weight is 342 g/mol. The summed E-state index contributed by atoms with van der Waals surface area (Å²) in [6.07, 6.45) is 0.0329. The zero-order valence-electron chi connectivity index (χ0n) is 11.7. The fraction of sp³-hybridized carbons (Fsp3) is 0.400. The van der Waals surface area contributed by atoms with Gasteiger partial charge in [-0.05, 0) is 54.9 Å². The third-order valence-electron chi connectivity index (χ3n) is 2.07. The molecule has 0 saturated heterocycles. The number of alkyl carbamates (subject to hydrolysis) is 1. The number of hydrogen-bond acceptors (Lipinski definition) is 2. The van der Waals surface area contributed by atoms with E-state index in [1.807, 2.05) is 0 Å². The maximum absolute atomic E-state index is 12.9. The minimum atomic E-state index is -0.505. The van der Waals surface area contributed by atoms with E-state index in [0.717, 1.165) is 0 Å². The summed E-state index contributed by atoms with van der Waals surface area (Å²) < 4.78 is 18.6. The Hall–Kier alpha value is -1.54. The molecule has 0 aliphatic carbocycles. The molecule has 0 radical (unpaired) electrons. The molecule has 20 heavy (non-hydrogen) atoms. The van der Waals surface area contributed by atoms with E-state index in [-0.39, 0.29) is 5.82 Å². The quantitative estimate of drug-likeness (QED) is 0.655. The lowest BCUT2D eigenvalue weighted by Crippen LogP contribution is -2.32. The van der Waals surface area contributed by atoms with Crippen molar-refractivity contribution in [2.45, 2.75) is 32.8 Å². The highest BCUT2D eigenvalue weighted by atomic mass is 79.9. The fourth-order valence-corrected chi connectivity index (χ4v) is 1.74. The van der Waals surface area contributed by atoms with E-state index < -0.39 is 11.7 Å². The van der Waals surface area contributed by atoms with Crippen molar-refractivity contribution in [1.29, 1.82) is 0 Å². The molecule has 0 saturated carbocycles. The highest BCUT2D eigenvalue weighted by molar-refractivity contribution is 9.10. The minimum absolute atomic E-state index is 0.311. The molecule has 1 aromatic carbocycles. The molecule has 0 fully saturated rings. The Balaban J connectivity index is 2.38. The summed E-state index contributed by atoms with van der Waals surface area (Å²) in [5, 5.41) is 2.61. The van der Waals surface area contributed by atoms with Crippen LogP contribution < -0.4 is 5.32 Å². The number of carbonyl (C=O) groups excluding carboxylic acids is 1. The second-order valence-electron chi connectivity index (χ2n) is 5.10. The fourth-order valence-electron chi connectivity index (χ4n) is 1.29. The van der Waals surface area contributed by atoms with Crippen molar-refractivity contribution < 1.29 is 13.9 Å². The molecule has 0 bridgehead atoms. The Labute approximate surface area is 127 Å². The molecule has 0 aromatic heterocycles. The van der Waals surface area contributed by atoms with Crippen LogP contribution in [0.15, 0.2) is 22.7 Å². The minimum Gasteiger partial charge on any atom is -0.444 e.